The molecule has 4 heteroatoms. The van der Waals surface area contributed by atoms with Crippen molar-refractivity contribution in [1.82, 2.24) is 4.98 Å². The first-order valence-corrected chi connectivity index (χ1v) is 7.60. The van der Waals surface area contributed by atoms with E-state index in [1.54, 1.807) is 11.3 Å². The zero-order chi connectivity index (χ0) is 12.2. The van der Waals surface area contributed by atoms with Crippen molar-refractivity contribution in [2.45, 2.75) is 38.9 Å². The Balaban J connectivity index is 2.41. The first-order chi connectivity index (χ1) is 7.43. The fourth-order valence-corrected chi connectivity index (χ4v) is 3.13. The Labute approximate surface area is 106 Å². The van der Waals surface area contributed by atoms with Crippen molar-refractivity contribution in [3.63, 3.8) is 0 Å². The normalized spacial score (nSPS) is 14.1. The lowest BCUT2D eigenvalue weighted by molar-refractivity contribution is 0.250. The Morgan fingerprint density at radius 3 is 2.69 bits per heavy atom. The smallest absolute Gasteiger partial charge is 0.0982 e. The third kappa shape index (κ3) is 4.44. The highest BCUT2D eigenvalue weighted by molar-refractivity contribution is 7.98. The molecule has 0 saturated heterocycles. The van der Waals surface area contributed by atoms with Crippen LogP contribution in [0.1, 0.15) is 38.4 Å². The van der Waals surface area contributed by atoms with Crippen LogP contribution in [-0.2, 0) is 11.2 Å². The molecule has 1 unspecified atom stereocenters. The Hall–Kier alpha value is -0.0600. The number of thioether (sulfide) groups is 1. The molecule has 0 bridgehead atoms. The highest BCUT2D eigenvalue weighted by atomic mass is 32.2. The third-order valence-corrected chi connectivity index (χ3v) is 4.78. The Morgan fingerprint density at radius 1 is 1.50 bits per heavy atom. The fraction of sp³-hybridized carbons (Fsp3) is 0.750. The van der Waals surface area contributed by atoms with Crippen molar-refractivity contribution in [2.24, 2.45) is 5.92 Å². The minimum absolute atomic E-state index is 0.159. The standard InChI is InChI=1S/C12H21NOS2/c1-9(5-14)6-15-7-10-8-16-11(13-10)12(2,3)4/h8-9,14H,5-7H2,1-4H3. The van der Waals surface area contributed by atoms with Crippen LogP contribution in [0.25, 0.3) is 0 Å². The second-order valence-electron chi connectivity index (χ2n) is 5.20. The molecule has 0 radical (unpaired) electrons. The predicted molar refractivity (Wildman–Crippen MR) is 73.2 cm³/mol. The van der Waals surface area contributed by atoms with Crippen LogP contribution in [0.15, 0.2) is 5.38 Å². The number of aliphatic hydroxyl groups excluding tert-OH is 1. The van der Waals surface area contributed by atoms with Crippen molar-refractivity contribution < 1.29 is 5.11 Å². The summed E-state index contributed by atoms with van der Waals surface area (Å²) < 4.78 is 0. The maximum atomic E-state index is 8.92. The van der Waals surface area contributed by atoms with Crippen LogP contribution in [0.3, 0.4) is 0 Å². The van der Waals surface area contributed by atoms with Crippen molar-refractivity contribution in [3.8, 4) is 0 Å². The largest absolute Gasteiger partial charge is 0.396 e. The number of thiazole rings is 1. The Morgan fingerprint density at radius 2 is 2.19 bits per heavy atom. The first-order valence-electron chi connectivity index (χ1n) is 5.57. The lowest BCUT2D eigenvalue weighted by Crippen LogP contribution is -2.10. The molecule has 2 nitrogen and oxygen atoms in total. The van der Waals surface area contributed by atoms with Crippen LogP contribution < -0.4 is 0 Å². The molecule has 92 valence electrons. The summed E-state index contributed by atoms with van der Waals surface area (Å²) in [7, 11) is 0. The van der Waals surface area contributed by atoms with Crippen LogP contribution in [0, 0.1) is 5.92 Å². The van der Waals surface area contributed by atoms with Crippen LogP contribution in [0.5, 0.6) is 0 Å². The summed E-state index contributed by atoms with van der Waals surface area (Å²) in [6.07, 6.45) is 0. The number of hydrogen-bond donors (Lipinski definition) is 1. The van der Waals surface area contributed by atoms with Crippen LogP contribution >= 0.6 is 23.1 Å². The van der Waals surface area contributed by atoms with Crippen LogP contribution in [-0.4, -0.2) is 22.5 Å². The first kappa shape index (κ1) is 14.0. The van der Waals surface area contributed by atoms with Gasteiger partial charge in [0.1, 0.15) is 0 Å². The van der Waals surface area contributed by atoms with E-state index in [1.807, 2.05) is 11.8 Å². The number of aliphatic hydroxyl groups is 1. The molecule has 1 atom stereocenters. The molecule has 0 fully saturated rings. The summed E-state index contributed by atoms with van der Waals surface area (Å²) in [5.41, 5.74) is 1.33. The molecule has 0 spiro atoms. The van der Waals surface area contributed by atoms with Gasteiger partial charge in [0.25, 0.3) is 0 Å². The van der Waals surface area contributed by atoms with E-state index >= 15 is 0 Å². The molecule has 1 heterocycles. The summed E-state index contributed by atoms with van der Waals surface area (Å²) in [6.45, 7) is 8.91. The van der Waals surface area contributed by atoms with Gasteiger partial charge < -0.3 is 5.11 Å². The SMILES string of the molecule is CC(CO)CSCc1csc(C(C)(C)C)n1. The number of nitrogens with zero attached hydrogens (tertiary/aromatic N) is 1. The van der Waals surface area contributed by atoms with Gasteiger partial charge in [0, 0.05) is 23.2 Å². The minimum atomic E-state index is 0.159. The van der Waals surface area contributed by atoms with Gasteiger partial charge in [-0.25, -0.2) is 4.98 Å². The van der Waals surface area contributed by atoms with Gasteiger partial charge >= 0.3 is 0 Å². The van der Waals surface area contributed by atoms with Gasteiger partial charge in [0.2, 0.25) is 0 Å². The second-order valence-corrected chi connectivity index (χ2v) is 7.09. The monoisotopic (exact) mass is 259 g/mol. The van der Waals surface area contributed by atoms with Crippen molar-refractivity contribution in [1.29, 1.82) is 0 Å². The Kier molecular flexibility index (Phi) is 5.28. The highest BCUT2D eigenvalue weighted by Gasteiger charge is 2.17. The van der Waals surface area contributed by atoms with E-state index in [4.69, 9.17) is 5.11 Å². The van der Waals surface area contributed by atoms with E-state index in [9.17, 15) is 0 Å². The number of rotatable bonds is 5. The zero-order valence-corrected chi connectivity index (χ0v) is 12.1. The van der Waals surface area contributed by atoms with Crippen LogP contribution in [0.2, 0.25) is 0 Å². The molecular formula is C12H21NOS2. The summed E-state index contributed by atoms with van der Waals surface area (Å²) in [6, 6.07) is 0. The lowest BCUT2D eigenvalue weighted by Gasteiger charge is -2.13. The average Bonchev–Trinajstić information content (AvgIpc) is 2.65. The zero-order valence-electron chi connectivity index (χ0n) is 10.5. The molecule has 1 aromatic heterocycles. The second kappa shape index (κ2) is 6.03. The molecule has 0 aliphatic carbocycles. The molecule has 0 aromatic carbocycles. The molecule has 0 aliphatic rings. The molecule has 0 saturated carbocycles. The molecule has 16 heavy (non-hydrogen) atoms. The summed E-state index contributed by atoms with van der Waals surface area (Å²) in [5.74, 6) is 2.33. The van der Waals surface area contributed by atoms with E-state index in [2.05, 4.69) is 38.1 Å². The molecule has 1 aromatic rings. The van der Waals surface area contributed by atoms with Crippen LogP contribution in [0.4, 0.5) is 0 Å². The van der Waals surface area contributed by atoms with E-state index in [1.165, 1.54) is 10.7 Å². The molecular weight excluding hydrogens is 238 g/mol. The lowest BCUT2D eigenvalue weighted by atomic mass is 9.98. The maximum absolute atomic E-state index is 8.92. The van der Waals surface area contributed by atoms with E-state index < -0.39 is 0 Å². The van der Waals surface area contributed by atoms with Gasteiger partial charge in [-0.1, -0.05) is 27.7 Å². The predicted octanol–water partition coefficient (Wildman–Crippen LogP) is 3.30. The quantitative estimate of drug-likeness (QED) is 0.880. The van der Waals surface area contributed by atoms with Crippen molar-refractivity contribution in [3.05, 3.63) is 16.1 Å². The molecule has 0 aliphatic heterocycles. The maximum Gasteiger partial charge on any atom is 0.0982 e. The van der Waals surface area contributed by atoms with Gasteiger partial charge in [-0.05, 0) is 11.7 Å². The van der Waals surface area contributed by atoms with E-state index in [-0.39, 0.29) is 12.0 Å². The third-order valence-electron chi connectivity index (χ3n) is 2.16. The number of hydrogen-bond acceptors (Lipinski definition) is 4. The summed E-state index contributed by atoms with van der Waals surface area (Å²) >= 11 is 3.59. The van der Waals surface area contributed by atoms with Gasteiger partial charge in [-0.2, -0.15) is 11.8 Å². The Bertz CT molecular complexity index is 317. The number of aromatic nitrogens is 1. The van der Waals surface area contributed by atoms with E-state index in [0.29, 0.717) is 5.92 Å². The summed E-state index contributed by atoms with van der Waals surface area (Å²) in [5, 5.41) is 12.3. The summed E-state index contributed by atoms with van der Waals surface area (Å²) in [4.78, 5) is 4.64. The highest BCUT2D eigenvalue weighted by Crippen LogP contribution is 2.27. The topological polar surface area (TPSA) is 33.1 Å². The fourth-order valence-electron chi connectivity index (χ4n) is 1.14. The minimum Gasteiger partial charge on any atom is -0.396 e. The van der Waals surface area contributed by atoms with Gasteiger partial charge in [-0.3, -0.25) is 0 Å². The van der Waals surface area contributed by atoms with Crippen molar-refractivity contribution >= 4 is 23.1 Å². The van der Waals surface area contributed by atoms with E-state index in [0.717, 1.165) is 11.5 Å². The van der Waals surface area contributed by atoms with Gasteiger partial charge in [0.15, 0.2) is 0 Å². The van der Waals surface area contributed by atoms with Gasteiger partial charge in [-0.15, -0.1) is 11.3 Å². The van der Waals surface area contributed by atoms with Crippen molar-refractivity contribution in [2.75, 3.05) is 12.4 Å². The molecule has 1 rings (SSSR count). The molecule has 0 amide bonds. The average molecular weight is 259 g/mol. The van der Waals surface area contributed by atoms with Gasteiger partial charge in [0.05, 0.1) is 10.7 Å². The molecule has 1 N–H and O–H groups in total.